The van der Waals surface area contributed by atoms with Crippen LogP contribution in [-0.4, -0.2) is 5.11 Å². The Labute approximate surface area is 123 Å². The number of rotatable bonds is 4. The van der Waals surface area contributed by atoms with Gasteiger partial charge in [0.1, 0.15) is 18.2 Å². The molecule has 2 aromatic carbocycles. The number of aliphatic hydroxyl groups is 1. The summed E-state index contributed by atoms with van der Waals surface area (Å²) in [6.45, 7) is 3.63. The highest BCUT2D eigenvalue weighted by Gasteiger charge is 2.11. The van der Waals surface area contributed by atoms with Gasteiger partial charge in [-0.25, -0.2) is 4.39 Å². The minimum absolute atomic E-state index is 0.0420. The SMILES string of the molecule is Cc1ccc(OCc2ccc(C#N)cc2F)c([C@@H](C)O)c1. The lowest BCUT2D eigenvalue weighted by Gasteiger charge is -2.14. The summed E-state index contributed by atoms with van der Waals surface area (Å²) in [6.07, 6.45) is -0.661. The number of hydrogen-bond donors (Lipinski definition) is 1. The van der Waals surface area contributed by atoms with E-state index in [0.29, 0.717) is 16.9 Å². The standard InChI is InChI=1S/C17H16FNO2/c1-11-3-6-17(15(7-11)12(2)20)21-10-14-5-4-13(9-19)8-16(14)18/h3-8,12,20H,10H2,1-2H3/t12-/m1/s1. The van der Waals surface area contributed by atoms with Crippen LogP contribution in [0.4, 0.5) is 4.39 Å². The Morgan fingerprint density at radius 3 is 2.67 bits per heavy atom. The topological polar surface area (TPSA) is 53.2 Å². The van der Waals surface area contributed by atoms with Crippen LogP contribution in [0.3, 0.4) is 0 Å². The quantitative estimate of drug-likeness (QED) is 0.933. The summed E-state index contributed by atoms with van der Waals surface area (Å²) in [5.41, 5.74) is 2.33. The van der Waals surface area contributed by atoms with Gasteiger partial charge in [0.15, 0.2) is 0 Å². The number of nitriles is 1. The summed E-state index contributed by atoms with van der Waals surface area (Å²) in [4.78, 5) is 0. The summed E-state index contributed by atoms with van der Waals surface area (Å²) in [5, 5.41) is 18.5. The van der Waals surface area contributed by atoms with Crippen molar-refractivity contribution in [3.05, 3.63) is 64.5 Å². The predicted octanol–water partition coefficient (Wildman–Crippen LogP) is 3.64. The van der Waals surface area contributed by atoms with Crippen LogP contribution in [0.1, 0.15) is 35.3 Å². The molecule has 0 saturated heterocycles. The fraction of sp³-hybridized carbons (Fsp3) is 0.235. The molecular weight excluding hydrogens is 269 g/mol. The maximum absolute atomic E-state index is 13.8. The first-order valence-corrected chi connectivity index (χ1v) is 6.61. The highest BCUT2D eigenvalue weighted by Crippen LogP contribution is 2.27. The molecule has 1 N–H and O–H groups in total. The van der Waals surface area contributed by atoms with Gasteiger partial charge in [0.05, 0.1) is 17.7 Å². The van der Waals surface area contributed by atoms with E-state index in [1.807, 2.05) is 25.1 Å². The molecule has 0 aliphatic heterocycles. The summed E-state index contributed by atoms with van der Waals surface area (Å²) < 4.78 is 19.4. The van der Waals surface area contributed by atoms with Crippen molar-refractivity contribution in [2.45, 2.75) is 26.6 Å². The van der Waals surface area contributed by atoms with Crippen molar-refractivity contribution in [1.82, 2.24) is 0 Å². The van der Waals surface area contributed by atoms with E-state index in [9.17, 15) is 9.50 Å². The normalized spacial score (nSPS) is 11.8. The molecule has 0 amide bonds. The van der Waals surface area contributed by atoms with Gasteiger partial charge in [-0.05, 0) is 38.1 Å². The first kappa shape index (κ1) is 15.0. The van der Waals surface area contributed by atoms with E-state index < -0.39 is 11.9 Å². The monoisotopic (exact) mass is 285 g/mol. The number of halogens is 1. The lowest BCUT2D eigenvalue weighted by Crippen LogP contribution is -2.03. The lowest BCUT2D eigenvalue weighted by atomic mass is 10.1. The van der Waals surface area contributed by atoms with E-state index in [1.165, 1.54) is 12.1 Å². The molecule has 0 bridgehead atoms. The molecule has 0 saturated carbocycles. The third-order valence-electron chi connectivity index (χ3n) is 3.18. The molecule has 0 aliphatic carbocycles. The molecule has 0 aliphatic rings. The molecule has 1 atom stereocenters. The van der Waals surface area contributed by atoms with Crippen molar-refractivity contribution in [3.8, 4) is 11.8 Å². The van der Waals surface area contributed by atoms with Gasteiger partial charge in [0, 0.05) is 11.1 Å². The number of benzene rings is 2. The van der Waals surface area contributed by atoms with Gasteiger partial charge in [-0.3, -0.25) is 0 Å². The zero-order valence-electron chi connectivity index (χ0n) is 11.9. The van der Waals surface area contributed by atoms with Crippen LogP contribution < -0.4 is 4.74 Å². The van der Waals surface area contributed by atoms with E-state index in [2.05, 4.69) is 0 Å². The van der Waals surface area contributed by atoms with Crippen LogP contribution in [0.25, 0.3) is 0 Å². The lowest BCUT2D eigenvalue weighted by molar-refractivity contribution is 0.189. The van der Waals surface area contributed by atoms with Crippen LogP contribution >= 0.6 is 0 Å². The van der Waals surface area contributed by atoms with Crippen LogP contribution in [-0.2, 0) is 6.61 Å². The van der Waals surface area contributed by atoms with E-state index in [-0.39, 0.29) is 12.2 Å². The van der Waals surface area contributed by atoms with Gasteiger partial charge >= 0.3 is 0 Å². The highest BCUT2D eigenvalue weighted by atomic mass is 19.1. The number of aryl methyl sites for hydroxylation is 1. The summed E-state index contributed by atoms with van der Waals surface area (Å²) in [7, 11) is 0. The van der Waals surface area contributed by atoms with E-state index in [1.54, 1.807) is 19.1 Å². The molecule has 0 fully saturated rings. The second-order valence-electron chi connectivity index (χ2n) is 4.92. The Kier molecular flexibility index (Phi) is 4.56. The Morgan fingerprint density at radius 2 is 2.05 bits per heavy atom. The molecule has 3 nitrogen and oxygen atoms in total. The molecule has 2 rings (SSSR count). The Morgan fingerprint density at radius 1 is 1.29 bits per heavy atom. The third-order valence-corrected chi connectivity index (χ3v) is 3.18. The maximum Gasteiger partial charge on any atom is 0.131 e. The molecule has 2 aromatic rings. The average molecular weight is 285 g/mol. The van der Waals surface area contributed by atoms with Crippen molar-refractivity contribution >= 4 is 0 Å². The molecule has 0 radical (unpaired) electrons. The Hall–Kier alpha value is -2.38. The fourth-order valence-corrected chi connectivity index (χ4v) is 2.02. The van der Waals surface area contributed by atoms with Crippen LogP contribution in [0, 0.1) is 24.1 Å². The van der Waals surface area contributed by atoms with Gasteiger partial charge < -0.3 is 9.84 Å². The number of aliphatic hydroxyl groups excluding tert-OH is 1. The molecular formula is C17H16FNO2. The summed E-state index contributed by atoms with van der Waals surface area (Å²) in [6, 6.07) is 11.6. The minimum Gasteiger partial charge on any atom is -0.488 e. The Balaban J connectivity index is 2.19. The summed E-state index contributed by atoms with van der Waals surface area (Å²) in [5.74, 6) is 0.0547. The predicted molar refractivity (Wildman–Crippen MR) is 77.3 cm³/mol. The van der Waals surface area contributed by atoms with Crippen molar-refractivity contribution in [3.63, 3.8) is 0 Å². The molecule has 21 heavy (non-hydrogen) atoms. The van der Waals surface area contributed by atoms with Gasteiger partial charge in [0.2, 0.25) is 0 Å². The highest BCUT2D eigenvalue weighted by molar-refractivity contribution is 5.39. The number of ether oxygens (including phenoxy) is 1. The molecule has 108 valence electrons. The van der Waals surface area contributed by atoms with E-state index in [0.717, 1.165) is 5.56 Å². The number of hydrogen-bond acceptors (Lipinski definition) is 3. The van der Waals surface area contributed by atoms with Crippen molar-refractivity contribution in [2.24, 2.45) is 0 Å². The van der Waals surface area contributed by atoms with Gasteiger partial charge in [-0.2, -0.15) is 5.26 Å². The second-order valence-corrected chi connectivity index (χ2v) is 4.92. The number of nitrogens with zero attached hydrogens (tertiary/aromatic N) is 1. The molecule has 0 heterocycles. The third kappa shape index (κ3) is 3.59. The zero-order valence-corrected chi connectivity index (χ0v) is 11.9. The van der Waals surface area contributed by atoms with Crippen molar-refractivity contribution in [2.75, 3.05) is 0 Å². The first-order valence-electron chi connectivity index (χ1n) is 6.61. The molecule has 0 unspecified atom stereocenters. The minimum atomic E-state index is -0.661. The molecule has 0 spiro atoms. The average Bonchev–Trinajstić information content (AvgIpc) is 2.46. The zero-order chi connectivity index (χ0) is 15.4. The van der Waals surface area contributed by atoms with E-state index in [4.69, 9.17) is 10.00 Å². The van der Waals surface area contributed by atoms with E-state index >= 15 is 0 Å². The van der Waals surface area contributed by atoms with Crippen molar-refractivity contribution in [1.29, 1.82) is 5.26 Å². The fourth-order valence-electron chi connectivity index (χ4n) is 2.02. The van der Waals surface area contributed by atoms with Crippen LogP contribution in [0.15, 0.2) is 36.4 Å². The maximum atomic E-state index is 13.8. The smallest absolute Gasteiger partial charge is 0.131 e. The molecule has 4 heteroatoms. The Bertz CT molecular complexity index is 690. The largest absolute Gasteiger partial charge is 0.488 e. The summed E-state index contributed by atoms with van der Waals surface area (Å²) >= 11 is 0. The second kappa shape index (κ2) is 6.38. The van der Waals surface area contributed by atoms with Crippen molar-refractivity contribution < 1.29 is 14.2 Å². The van der Waals surface area contributed by atoms with Crippen LogP contribution in [0.5, 0.6) is 5.75 Å². The van der Waals surface area contributed by atoms with Gasteiger partial charge in [-0.15, -0.1) is 0 Å². The first-order chi connectivity index (χ1) is 10.0. The van der Waals surface area contributed by atoms with Gasteiger partial charge in [-0.1, -0.05) is 17.7 Å². The van der Waals surface area contributed by atoms with Crippen LogP contribution in [0.2, 0.25) is 0 Å². The van der Waals surface area contributed by atoms with Gasteiger partial charge in [0.25, 0.3) is 0 Å². The molecule has 0 aromatic heterocycles.